The third kappa shape index (κ3) is 4.10. The van der Waals surface area contributed by atoms with Gasteiger partial charge < -0.3 is 4.74 Å². The summed E-state index contributed by atoms with van der Waals surface area (Å²) in [5.74, 6) is -0.756. The van der Waals surface area contributed by atoms with Gasteiger partial charge in [0.2, 0.25) is 0 Å². The number of amides is 2. The molecule has 0 aliphatic carbocycles. The SMILES string of the molecule is CCOC(=O)c1cn[nH]c1NC(=O)NS(=O)(=O)c1ccc(C)cc1. The quantitative estimate of drug-likeness (QED) is 0.697. The maximum Gasteiger partial charge on any atom is 0.343 e. The molecule has 0 radical (unpaired) electrons. The zero-order valence-electron chi connectivity index (χ0n) is 13.0. The number of nitrogens with zero attached hydrogens (tertiary/aromatic N) is 1. The summed E-state index contributed by atoms with van der Waals surface area (Å²) < 4.78 is 30.9. The number of aromatic amines is 1. The van der Waals surface area contributed by atoms with E-state index >= 15 is 0 Å². The summed E-state index contributed by atoms with van der Waals surface area (Å²) in [4.78, 5) is 23.5. The third-order valence-corrected chi connectivity index (χ3v) is 4.28. The Hall–Kier alpha value is -2.88. The lowest BCUT2D eigenvalue weighted by Gasteiger charge is -2.09. The van der Waals surface area contributed by atoms with Gasteiger partial charge in [-0.15, -0.1) is 0 Å². The van der Waals surface area contributed by atoms with Crippen molar-refractivity contribution < 1.29 is 22.7 Å². The number of ether oxygens (including phenoxy) is 1. The minimum absolute atomic E-state index is 0.0141. The molecule has 0 fully saturated rings. The van der Waals surface area contributed by atoms with E-state index in [0.717, 1.165) is 5.56 Å². The highest BCUT2D eigenvalue weighted by Crippen LogP contribution is 2.13. The Morgan fingerprint density at radius 2 is 1.92 bits per heavy atom. The maximum absolute atomic E-state index is 12.1. The molecule has 1 heterocycles. The number of sulfonamides is 1. The lowest BCUT2D eigenvalue weighted by molar-refractivity contribution is 0.0527. The Bertz CT molecular complexity index is 842. The van der Waals surface area contributed by atoms with E-state index in [-0.39, 0.29) is 22.9 Å². The molecule has 0 unspecified atom stereocenters. The van der Waals surface area contributed by atoms with Crippen molar-refractivity contribution in [2.45, 2.75) is 18.7 Å². The van der Waals surface area contributed by atoms with Gasteiger partial charge in [-0.05, 0) is 26.0 Å². The van der Waals surface area contributed by atoms with Crippen molar-refractivity contribution in [3.8, 4) is 0 Å². The van der Waals surface area contributed by atoms with Crippen LogP contribution in [0.3, 0.4) is 0 Å². The van der Waals surface area contributed by atoms with Crippen molar-refractivity contribution in [2.75, 3.05) is 11.9 Å². The molecule has 3 N–H and O–H groups in total. The van der Waals surface area contributed by atoms with Gasteiger partial charge in [-0.25, -0.2) is 22.7 Å². The highest BCUT2D eigenvalue weighted by molar-refractivity contribution is 7.90. The Morgan fingerprint density at radius 3 is 2.54 bits per heavy atom. The molecule has 0 aliphatic heterocycles. The first-order valence-corrected chi connectivity index (χ1v) is 8.42. The number of hydrogen-bond acceptors (Lipinski definition) is 6. The van der Waals surface area contributed by atoms with Crippen LogP contribution >= 0.6 is 0 Å². The van der Waals surface area contributed by atoms with E-state index in [2.05, 4.69) is 15.5 Å². The lowest BCUT2D eigenvalue weighted by atomic mass is 10.2. The molecular weight excluding hydrogens is 336 g/mol. The number of aromatic nitrogens is 2. The first kappa shape index (κ1) is 17.5. The molecule has 0 bridgehead atoms. The van der Waals surface area contributed by atoms with Crippen LogP contribution < -0.4 is 10.0 Å². The van der Waals surface area contributed by atoms with Crippen molar-refractivity contribution in [3.63, 3.8) is 0 Å². The average molecular weight is 352 g/mol. The van der Waals surface area contributed by atoms with E-state index < -0.39 is 22.0 Å². The molecule has 1 aromatic heterocycles. The molecule has 128 valence electrons. The molecule has 10 heteroatoms. The molecule has 2 aromatic rings. The van der Waals surface area contributed by atoms with Crippen molar-refractivity contribution in [2.24, 2.45) is 0 Å². The summed E-state index contributed by atoms with van der Waals surface area (Å²) in [6.07, 6.45) is 1.17. The van der Waals surface area contributed by atoms with Crippen LogP contribution in [0.5, 0.6) is 0 Å². The fourth-order valence-corrected chi connectivity index (χ4v) is 2.69. The first-order valence-electron chi connectivity index (χ1n) is 6.94. The fraction of sp³-hybridized carbons (Fsp3) is 0.214. The van der Waals surface area contributed by atoms with Crippen LogP contribution in [0.15, 0.2) is 35.4 Å². The van der Waals surface area contributed by atoms with E-state index in [1.807, 2.05) is 11.6 Å². The van der Waals surface area contributed by atoms with Gasteiger partial charge in [-0.2, -0.15) is 5.10 Å². The summed E-state index contributed by atoms with van der Waals surface area (Å²) in [7, 11) is -4.04. The number of anilines is 1. The smallest absolute Gasteiger partial charge is 0.343 e. The average Bonchev–Trinajstić information content (AvgIpc) is 2.95. The first-order chi connectivity index (χ1) is 11.3. The van der Waals surface area contributed by atoms with Gasteiger partial charge in [0.15, 0.2) is 0 Å². The molecule has 0 spiro atoms. The zero-order chi connectivity index (χ0) is 17.7. The molecule has 0 atom stereocenters. The second kappa shape index (κ2) is 7.13. The number of benzene rings is 1. The van der Waals surface area contributed by atoms with Gasteiger partial charge in [0.05, 0.1) is 17.7 Å². The number of rotatable bonds is 5. The van der Waals surface area contributed by atoms with Gasteiger partial charge in [-0.3, -0.25) is 10.4 Å². The zero-order valence-corrected chi connectivity index (χ0v) is 13.8. The number of esters is 1. The molecular formula is C14H16N4O5S. The normalized spacial score (nSPS) is 10.9. The van der Waals surface area contributed by atoms with Crippen LogP contribution in [0.25, 0.3) is 0 Å². The molecule has 0 aliphatic rings. The van der Waals surface area contributed by atoms with Crippen molar-refractivity contribution in [1.29, 1.82) is 0 Å². The van der Waals surface area contributed by atoms with Crippen LogP contribution in [-0.2, 0) is 14.8 Å². The van der Waals surface area contributed by atoms with Crippen molar-refractivity contribution in [1.82, 2.24) is 14.9 Å². The van der Waals surface area contributed by atoms with Crippen LogP contribution in [0.4, 0.5) is 10.6 Å². The van der Waals surface area contributed by atoms with Crippen molar-refractivity contribution >= 4 is 27.8 Å². The minimum Gasteiger partial charge on any atom is -0.462 e. The summed E-state index contributed by atoms with van der Waals surface area (Å²) in [5.41, 5.74) is 0.870. The standard InChI is InChI=1S/C14H16N4O5S/c1-3-23-13(19)11-8-15-17-12(11)16-14(20)18-24(21,22)10-6-4-9(2)5-7-10/h4-8H,3H2,1-2H3,(H3,15,16,17,18,20). The molecule has 24 heavy (non-hydrogen) atoms. The van der Waals surface area contributed by atoms with E-state index in [1.165, 1.54) is 18.3 Å². The number of carbonyl (C=O) groups excluding carboxylic acids is 2. The summed E-state index contributed by atoms with van der Waals surface area (Å²) in [5, 5.41) is 8.24. The van der Waals surface area contributed by atoms with Crippen LogP contribution in [0, 0.1) is 6.92 Å². The molecule has 2 rings (SSSR count). The molecule has 0 saturated heterocycles. The number of carbonyl (C=O) groups is 2. The number of H-pyrrole nitrogens is 1. The maximum atomic E-state index is 12.1. The third-order valence-electron chi connectivity index (χ3n) is 2.93. The van der Waals surface area contributed by atoms with Crippen LogP contribution in [-0.4, -0.2) is 37.2 Å². The number of hydrogen-bond donors (Lipinski definition) is 3. The second-order valence-electron chi connectivity index (χ2n) is 4.75. The summed E-state index contributed by atoms with van der Waals surface area (Å²) >= 11 is 0. The highest BCUT2D eigenvalue weighted by Gasteiger charge is 2.21. The van der Waals surface area contributed by atoms with Gasteiger partial charge in [0, 0.05) is 0 Å². The lowest BCUT2D eigenvalue weighted by Crippen LogP contribution is -2.34. The van der Waals surface area contributed by atoms with E-state index in [1.54, 1.807) is 19.1 Å². The topological polar surface area (TPSA) is 130 Å². The van der Waals surface area contributed by atoms with E-state index in [4.69, 9.17) is 4.74 Å². The van der Waals surface area contributed by atoms with E-state index in [9.17, 15) is 18.0 Å². The predicted molar refractivity (Wildman–Crippen MR) is 85.1 cm³/mol. The molecule has 2 amide bonds. The molecule has 1 aromatic carbocycles. The number of aryl methyl sites for hydroxylation is 1. The van der Waals surface area contributed by atoms with Gasteiger partial charge >= 0.3 is 12.0 Å². The Balaban J connectivity index is 2.10. The van der Waals surface area contributed by atoms with Gasteiger partial charge in [-0.1, -0.05) is 17.7 Å². The fourth-order valence-electron chi connectivity index (χ4n) is 1.78. The highest BCUT2D eigenvalue weighted by atomic mass is 32.2. The monoisotopic (exact) mass is 352 g/mol. The molecule has 0 saturated carbocycles. The van der Waals surface area contributed by atoms with Gasteiger partial charge in [0.1, 0.15) is 11.4 Å². The number of nitrogens with one attached hydrogen (secondary N) is 3. The number of urea groups is 1. The Kier molecular flexibility index (Phi) is 5.19. The van der Waals surface area contributed by atoms with Crippen LogP contribution in [0.1, 0.15) is 22.8 Å². The second-order valence-corrected chi connectivity index (χ2v) is 6.43. The molecule has 9 nitrogen and oxygen atoms in total. The largest absolute Gasteiger partial charge is 0.462 e. The summed E-state index contributed by atoms with van der Waals surface area (Å²) in [6.45, 7) is 3.59. The summed E-state index contributed by atoms with van der Waals surface area (Å²) in [6, 6.07) is 4.95. The minimum atomic E-state index is -4.04. The van der Waals surface area contributed by atoms with Crippen molar-refractivity contribution in [3.05, 3.63) is 41.6 Å². The predicted octanol–water partition coefficient (Wildman–Crippen LogP) is 1.41. The van der Waals surface area contributed by atoms with Gasteiger partial charge in [0.25, 0.3) is 10.0 Å². The Labute approximate surface area is 138 Å². The van der Waals surface area contributed by atoms with E-state index in [0.29, 0.717) is 0 Å². The Morgan fingerprint density at radius 1 is 1.25 bits per heavy atom. The van der Waals surface area contributed by atoms with Crippen LogP contribution in [0.2, 0.25) is 0 Å².